The van der Waals surface area contributed by atoms with Gasteiger partial charge >= 0.3 is 0 Å². The number of nitrogens with one attached hydrogen (secondary N) is 1. The molecule has 18 heavy (non-hydrogen) atoms. The van der Waals surface area contributed by atoms with E-state index in [1.807, 2.05) is 13.0 Å². The third kappa shape index (κ3) is 1.74. The molecule has 1 fully saturated rings. The first-order valence-corrected chi connectivity index (χ1v) is 6.45. The monoisotopic (exact) mass is 245 g/mol. The van der Waals surface area contributed by atoms with Crippen molar-refractivity contribution in [2.75, 3.05) is 0 Å². The molecule has 1 atom stereocenters. The highest BCUT2D eigenvalue weighted by molar-refractivity contribution is 5.87. The number of halogens is 1. The number of H-pyrrole nitrogens is 1. The lowest BCUT2D eigenvalue weighted by atomic mass is 9.95. The summed E-state index contributed by atoms with van der Waals surface area (Å²) >= 11 is 0. The fraction of sp³-hybridized carbons (Fsp3) is 0.400. The summed E-state index contributed by atoms with van der Waals surface area (Å²) < 4.78 is 13.7. The fourth-order valence-electron chi connectivity index (χ4n) is 2.98. The van der Waals surface area contributed by atoms with E-state index in [4.69, 9.17) is 0 Å². The van der Waals surface area contributed by atoms with Gasteiger partial charge in [0, 0.05) is 23.4 Å². The molecule has 3 heteroatoms. The van der Waals surface area contributed by atoms with Crippen LogP contribution >= 0.6 is 0 Å². The van der Waals surface area contributed by atoms with Gasteiger partial charge in [0.25, 0.3) is 0 Å². The number of aryl methyl sites for hydroxylation is 1. The summed E-state index contributed by atoms with van der Waals surface area (Å²) in [7, 11) is 0. The van der Waals surface area contributed by atoms with Crippen LogP contribution in [-0.4, -0.2) is 10.8 Å². The molecule has 0 radical (unpaired) electrons. The van der Waals surface area contributed by atoms with Crippen LogP contribution in [0.2, 0.25) is 0 Å². The van der Waals surface area contributed by atoms with Gasteiger partial charge in [-0.3, -0.25) is 4.79 Å². The Morgan fingerprint density at radius 2 is 2.28 bits per heavy atom. The molecule has 1 aliphatic carbocycles. The maximum absolute atomic E-state index is 13.7. The quantitative estimate of drug-likeness (QED) is 0.862. The van der Waals surface area contributed by atoms with Gasteiger partial charge in [-0.25, -0.2) is 4.39 Å². The molecule has 1 N–H and O–H groups in total. The van der Waals surface area contributed by atoms with Crippen molar-refractivity contribution in [1.82, 2.24) is 4.98 Å². The van der Waals surface area contributed by atoms with Crippen LogP contribution < -0.4 is 0 Å². The molecule has 1 unspecified atom stereocenters. The number of Topliss-reactive ketones (excluding diaryl/α,β-unsaturated/α-hetero) is 1. The van der Waals surface area contributed by atoms with Gasteiger partial charge in [-0.2, -0.15) is 0 Å². The topological polar surface area (TPSA) is 32.9 Å². The van der Waals surface area contributed by atoms with Crippen LogP contribution in [0.3, 0.4) is 0 Å². The number of hydrogen-bond donors (Lipinski definition) is 1. The number of carbonyl (C=O) groups is 1. The van der Waals surface area contributed by atoms with Crippen LogP contribution in [0.1, 0.15) is 30.5 Å². The third-order valence-corrected chi connectivity index (χ3v) is 3.99. The van der Waals surface area contributed by atoms with E-state index in [2.05, 4.69) is 4.98 Å². The van der Waals surface area contributed by atoms with Crippen molar-refractivity contribution in [3.8, 4) is 0 Å². The van der Waals surface area contributed by atoms with Gasteiger partial charge in [0.15, 0.2) is 0 Å². The number of fused-ring (bicyclic) bond motifs is 1. The van der Waals surface area contributed by atoms with Crippen LogP contribution in [0.15, 0.2) is 18.2 Å². The number of para-hydroxylation sites is 1. The first-order chi connectivity index (χ1) is 8.66. The molecular weight excluding hydrogens is 229 g/mol. The summed E-state index contributed by atoms with van der Waals surface area (Å²) in [4.78, 5) is 14.8. The molecule has 1 aromatic heterocycles. The van der Waals surface area contributed by atoms with Gasteiger partial charge in [0.2, 0.25) is 0 Å². The lowest BCUT2D eigenvalue weighted by Crippen LogP contribution is -2.09. The average Bonchev–Trinajstić information content (AvgIpc) is 2.87. The molecule has 0 bridgehead atoms. The van der Waals surface area contributed by atoms with Crippen molar-refractivity contribution in [3.05, 3.63) is 35.3 Å². The van der Waals surface area contributed by atoms with Gasteiger partial charge in [0.1, 0.15) is 11.6 Å². The summed E-state index contributed by atoms with van der Waals surface area (Å²) in [6.45, 7) is 1.95. The van der Waals surface area contributed by atoms with Gasteiger partial charge in [-0.1, -0.05) is 12.1 Å². The SMILES string of the molecule is Cc1[nH]c2c(F)cccc2c1CC1CCCC1=O. The molecule has 0 spiro atoms. The number of aromatic amines is 1. The molecule has 3 rings (SSSR count). The maximum Gasteiger partial charge on any atom is 0.147 e. The largest absolute Gasteiger partial charge is 0.356 e. The minimum atomic E-state index is -0.223. The summed E-state index contributed by atoms with van der Waals surface area (Å²) in [5.74, 6) is 0.269. The number of hydrogen-bond acceptors (Lipinski definition) is 1. The van der Waals surface area contributed by atoms with Gasteiger partial charge in [-0.05, 0) is 37.8 Å². The summed E-state index contributed by atoms with van der Waals surface area (Å²) in [5, 5.41) is 0.923. The predicted octanol–water partition coefficient (Wildman–Crippen LogP) is 3.53. The first kappa shape index (κ1) is 11.5. The zero-order valence-corrected chi connectivity index (χ0v) is 10.4. The van der Waals surface area contributed by atoms with Crippen molar-refractivity contribution < 1.29 is 9.18 Å². The van der Waals surface area contributed by atoms with E-state index in [1.165, 1.54) is 6.07 Å². The lowest BCUT2D eigenvalue weighted by Gasteiger charge is -2.07. The van der Waals surface area contributed by atoms with Crippen molar-refractivity contribution in [1.29, 1.82) is 0 Å². The minimum Gasteiger partial charge on any atom is -0.356 e. The number of ketones is 1. The molecule has 94 valence electrons. The van der Waals surface area contributed by atoms with E-state index >= 15 is 0 Å². The molecule has 2 aromatic rings. The molecule has 0 aliphatic heterocycles. The third-order valence-electron chi connectivity index (χ3n) is 3.99. The van der Waals surface area contributed by atoms with Crippen molar-refractivity contribution >= 4 is 16.7 Å². The van der Waals surface area contributed by atoms with Crippen LogP contribution in [0.4, 0.5) is 4.39 Å². The second kappa shape index (κ2) is 4.23. The van der Waals surface area contributed by atoms with Crippen molar-refractivity contribution in [2.24, 2.45) is 5.92 Å². The Kier molecular flexibility index (Phi) is 2.69. The lowest BCUT2D eigenvalue weighted by molar-refractivity contribution is -0.120. The highest BCUT2D eigenvalue weighted by Gasteiger charge is 2.26. The van der Waals surface area contributed by atoms with E-state index in [0.29, 0.717) is 17.7 Å². The number of aromatic nitrogens is 1. The molecule has 1 saturated carbocycles. The van der Waals surface area contributed by atoms with Crippen LogP contribution in [0.5, 0.6) is 0 Å². The number of rotatable bonds is 2. The number of benzene rings is 1. The van der Waals surface area contributed by atoms with E-state index in [0.717, 1.165) is 35.9 Å². The first-order valence-electron chi connectivity index (χ1n) is 6.45. The Balaban J connectivity index is 2.03. The van der Waals surface area contributed by atoms with Crippen LogP contribution in [-0.2, 0) is 11.2 Å². The van der Waals surface area contributed by atoms with E-state index in [9.17, 15) is 9.18 Å². The van der Waals surface area contributed by atoms with Gasteiger partial charge in [0.05, 0.1) is 5.52 Å². The Morgan fingerprint density at radius 3 is 3.00 bits per heavy atom. The molecule has 1 aromatic carbocycles. The normalized spacial score (nSPS) is 19.9. The van der Waals surface area contributed by atoms with E-state index in [-0.39, 0.29) is 11.7 Å². The second-order valence-electron chi connectivity index (χ2n) is 5.15. The predicted molar refractivity (Wildman–Crippen MR) is 69.0 cm³/mol. The van der Waals surface area contributed by atoms with E-state index in [1.54, 1.807) is 6.07 Å². The molecule has 2 nitrogen and oxygen atoms in total. The Morgan fingerprint density at radius 1 is 1.44 bits per heavy atom. The maximum atomic E-state index is 13.7. The summed E-state index contributed by atoms with van der Waals surface area (Å²) in [5.41, 5.74) is 2.65. The zero-order valence-electron chi connectivity index (χ0n) is 10.4. The minimum absolute atomic E-state index is 0.131. The highest BCUT2D eigenvalue weighted by atomic mass is 19.1. The van der Waals surface area contributed by atoms with Gasteiger partial charge in [-0.15, -0.1) is 0 Å². The Hall–Kier alpha value is -1.64. The fourth-order valence-corrected chi connectivity index (χ4v) is 2.98. The van der Waals surface area contributed by atoms with Crippen molar-refractivity contribution in [3.63, 3.8) is 0 Å². The second-order valence-corrected chi connectivity index (χ2v) is 5.15. The smallest absolute Gasteiger partial charge is 0.147 e. The Bertz CT molecular complexity index is 614. The molecule has 0 amide bonds. The summed E-state index contributed by atoms with van der Waals surface area (Å²) in [6, 6.07) is 5.12. The molecule has 0 saturated heterocycles. The van der Waals surface area contributed by atoms with Gasteiger partial charge < -0.3 is 4.98 Å². The molecule has 1 heterocycles. The van der Waals surface area contributed by atoms with Crippen LogP contribution in [0.25, 0.3) is 10.9 Å². The molecular formula is C15H16FNO. The van der Waals surface area contributed by atoms with E-state index < -0.39 is 0 Å². The average molecular weight is 245 g/mol. The Labute approximate surface area is 105 Å². The summed E-state index contributed by atoms with van der Waals surface area (Å²) in [6.07, 6.45) is 3.42. The van der Waals surface area contributed by atoms with Crippen LogP contribution in [0, 0.1) is 18.7 Å². The number of carbonyl (C=O) groups excluding carboxylic acids is 1. The molecule has 1 aliphatic rings. The standard InChI is InChI=1S/C15H16FNO/c1-9-12(8-10-4-2-7-14(10)18)11-5-3-6-13(16)15(11)17-9/h3,5-6,10,17H,2,4,7-8H2,1H3. The van der Waals surface area contributed by atoms with Crippen molar-refractivity contribution in [2.45, 2.75) is 32.6 Å². The highest BCUT2D eigenvalue weighted by Crippen LogP contribution is 2.31. The zero-order chi connectivity index (χ0) is 12.7.